The van der Waals surface area contributed by atoms with Crippen LogP contribution in [0.15, 0.2) is 42.6 Å². The van der Waals surface area contributed by atoms with E-state index in [0.717, 1.165) is 11.3 Å². The number of aromatic hydroxyl groups is 1. The molecule has 0 spiro atoms. The zero-order valence-corrected chi connectivity index (χ0v) is 10.1. The van der Waals surface area contributed by atoms with Gasteiger partial charge in [0.15, 0.2) is 0 Å². The fourth-order valence-corrected chi connectivity index (χ4v) is 1.61. The van der Waals surface area contributed by atoms with Crippen molar-refractivity contribution >= 4 is 11.6 Å². The van der Waals surface area contributed by atoms with Crippen molar-refractivity contribution in [2.45, 2.75) is 13.3 Å². The molecular weight excluding hydrogens is 228 g/mol. The Morgan fingerprint density at radius 2 is 2.00 bits per heavy atom. The molecule has 0 bridgehead atoms. The van der Waals surface area contributed by atoms with Crippen molar-refractivity contribution in [1.29, 1.82) is 0 Å². The molecule has 92 valence electrons. The first-order valence-electron chi connectivity index (χ1n) is 5.64. The molecule has 2 N–H and O–H groups in total. The lowest BCUT2D eigenvalue weighted by atomic mass is 10.1. The number of phenolic OH excluding ortho intramolecular Hbond substituents is 1. The molecule has 0 saturated carbocycles. The number of amides is 1. The minimum atomic E-state index is -0.123. The molecule has 0 radical (unpaired) electrons. The maximum atomic E-state index is 11.8. The summed E-state index contributed by atoms with van der Waals surface area (Å²) in [5.74, 6) is 0.0519. The maximum absolute atomic E-state index is 11.8. The number of carbonyl (C=O) groups is 1. The van der Waals surface area contributed by atoms with Crippen LogP contribution in [-0.4, -0.2) is 16.0 Å². The van der Waals surface area contributed by atoms with Gasteiger partial charge in [0.25, 0.3) is 0 Å². The van der Waals surface area contributed by atoms with Crippen molar-refractivity contribution in [2.24, 2.45) is 0 Å². The third-order valence-corrected chi connectivity index (χ3v) is 2.60. The number of aryl methyl sites for hydroxylation is 1. The number of hydrogen-bond donors (Lipinski definition) is 2. The van der Waals surface area contributed by atoms with Gasteiger partial charge in [-0.2, -0.15) is 0 Å². The number of nitrogens with one attached hydrogen (secondary N) is 1. The second-order valence-electron chi connectivity index (χ2n) is 4.04. The van der Waals surface area contributed by atoms with Gasteiger partial charge >= 0.3 is 0 Å². The number of nitrogens with zero attached hydrogens (tertiary/aromatic N) is 1. The summed E-state index contributed by atoms with van der Waals surface area (Å²) in [6, 6.07) is 10.1. The predicted molar refractivity (Wildman–Crippen MR) is 69.4 cm³/mol. The van der Waals surface area contributed by atoms with Crippen molar-refractivity contribution in [1.82, 2.24) is 4.98 Å². The molecule has 0 saturated heterocycles. The van der Waals surface area contributed by atoms with Gasteiger partial charge in [-0.15, -0.1) is 0 Å². The van der Waals surface area contributed by atoms with Crippen LogP contribution in [0.3, 0.4) is 0 Å². The van der Waals surface area contributed by atoms with Gasteiger partial charge in [-0.25, -0.2) is 0 Å². The van der Waals surface area contributed by atoms with E-state index in [1.165, 1.54) is 12.1 Å². The van der Waals surface area contributed by atoms with Crippen LogP contribution < -0.4 is 5.32 Å². The summed E-state index contributed by atoms with van der Waals surface area (Å²) in [6.45, 7) is 1.93. The molecule has 1 heterocycles. The Hall–Kier alpha value is -2.36. The summed E-state index contributed by atoms with van der Waals surface area (Å²) < 4.78 is 0. The third-order valence-electron chi connectivity index (χ3n) is 2.60. The Morgan fingerprint density at radius 3 is 2.67 bits per heavy atom. The normalized spacial score (nSPS) is 10.1. The third kappa shape index (κ3) is 3.07. The standard InChI is InChI=1S/C14H14N2O2/c1-10-3-2-8-15-13(10)9-14(18)16-11-4-6-12(17)7-5-11/h2-8,17H,9H2,1H3,(H,16,18). The summed E-state index contributed by atoms with van der Waals surface area (Å²) in [4.78, 5) is 16.0. The molecule has 2 aromatic rings. The smallest absolute Gasteiger partial charge is 0.230 e. The van der Waals surface area contributed by atoms with E-state index in [4.69, 9.17) is 5.11 Å². The number of anilines is 1. The van der Waals surface area contributed by atoms with Crippen LogP contribution in [0, 0.1) is 6.92 Å². The first-order chi connectivity index (χ1) is 8.65. The fraction of sp³-hybridized carbons (Fsp3) is 0.143. The maximum Gasteiger partial charge on any atom is 0.230 e. The molecule has 2 rings (SSSR count). The minimum Gasteiger partial charge on any atom is -0.508 e. The minimum absolute atomic E-state index is 0.123. The van der Waals surface area contributed by atoms with E-state index < -0.39 is 0 Å². The van der Waals surface area contributed by atoms with Crippen LogP contribution in [0.25, 0.3) is 0 Å². The number of hydrogen-bond acceptors (Lipinski definition) is 3. The monoisotopic (exact) mass is 242 g/mol. The summed E-state index contributed by atoms with van der Waals surface area (Å²) in [6.07, 6.45) is 1.92. The van der Waals surface area contributed by atoms with E-state index >= 15 is 0 Å². The molecule has 4 heteroatoms. The zero-order valence-electron chi connectivity index (χ0n) is 10.1. The lowest BCUT2D eigenvalue weighted by Crippen LogP contribution is -2.15. The van der Waals surface area contributed by atoms with Gasteiger partial charge in [0, 0.05) is 11.9 Å². The number of aromatic nitrogens is 1. The molecule has 0 aliphatic rings. The molecule has 0 aliphatic heterocycles. The van der Waals surface area contributed by atoms with Gasteiger partial charge < -0.3 is 10.4 Å². The molecule has 1 aromatic carbocycles. The molecule has 1 amide bonds. The highest BCUT2D eigenvalue weighted by molar-refractivity contribution is 5.92. The summed E-state index contributed by atoms with van der Waals surface area (Å²) in [7, 11) is 0. The number of carbonyl (C=O) groups excluding carboxylic acids is 1. The van der Waals surface area contributed by atoms with Gasteiger partial charge in [-0.05, 0) is 42.8 Å². The Labute approximate surface area is 105 Å². The van der Waals surface area contributed by atoms with E-state index in [-0.39, 0.29) is 18.1 Å². The fourth-order valence-electron chi connectivity index (χ4n) is 1.61. The molecule has 0 unspecified atom stereocenters. The largest absolute Gasteiger partial charge is 0.508 e. The van der Waals surface area contributed by atoms with Gasteiger partial charge in [-0.3, -0.25) is 9.78 Å². The topological polar surface area (TPSA) is 62.2 Å². The van der Waals surface area contributed by atoms with Crippen LogP contribution in [0.2, 0.25) is 0 Å². The average Bonchev–Trinajstić information content (AvgIpc) is 2.35. The predicted octanol–water partition coefficient (Wildman–Crippen LogP) is 2.28. The van der Waals surface area contributed by atoms with Crippen LogP contribution in [0.4, 0.5) is 5.69 Å². The van der Waals surface area contributed by atoms with Crippen LogP contribution >= 0.6 is 0 Å². The van der Waals surface area contributed by atoms with Crippen molar-refractivity contribution in [2.75, 3.05) is 5.32 Å². The Bertz CT molecular complexity index is 550. The van der Waals surface area contributed by atoms with Gasteiger partial charge in [0.2, 0.25) is 5.91 Å². The molecule has 4 nitrogen and oxygen atoms in total. The summed E-state index contributed by atoms with van der Waals surface area (Å²) in [5.41, 5.74) is 2.43. The number of pyridine rings is 1. The van der Waals surface area contributed by atoms with Gasteiger partial charge in [0.1, 0.15) is 5.75 Å². The molecule has 0 fully saturated rings. The highest BCUT2D eigenvalue weighted by atomic mass is 16.3. The quantitative estimate of drug-likeness (QED) is 0.812. The number of rotatable bonds is 3. The van der Waals surface area contributed by atoms with Gasteiger partial charge in [0.05, 0.1) is 12.1 Å². The number of phenols is 1. The van der Waals surface area contributed by atoms with E-state index in [1.54, 1.807) is 18.3 Å². The second kappa shape index (κ2) is 5.31. The zero-order chi connectivity index (χ0) is 13.0. The van der Waals surface area contributed by atoms with Crippen LogP contribution in [0.1, 0.15) is 11.3 Å². The van der Waals surface area contributed by atoms with Crippen LogP contribution in [0.5, 0.6) is 5.75 Å². The van der Waals surface area contributed by atoms with Crippen molar-refractivity contribution in [3.63, 3.8) is 0 Å². The molecule has 0 atom stereocenters. The SMILES string of the molecule is Cc1cccnc1CC(=O)Nc1ccc(O)cc1. The van der Waals surface area contributed by atoms with Crippen molar-refractivity contribution in [3.05, 3.63) is 53.9 Å². The average molecular weight is 242 g/mol. The van der Waals surface area contributed by atoms with E-state index in [9.17, 15) is 4.79 Å². The lowest BCUT2D eigenvalue weighted by Gasteiger charge is -2.06. The second-order valence-corrected chi connectivity index (χ2v) is 4.04. The summed E-state index contributed by atoms with van der Waals surface area (Å²) in [5, 5.41) is 11.9. The lowest BCUT2D eigenvalue weighted by molar-refractivity contribution is -0.115. The van der Waals surface area contributed by atoms with E-state index in [2.05, 4.69) is 10.3 Å². The first-order valence-corrected chi connectivity index (χ1v) is 5.64. The Morgan fingerprint density at radius 1 is 1.28 bits per heavy atom. The van der Waals surface area contributed by atoms with Gasteiger partial charge in [-0.1, -0.05) is 6.07 Å². The van der Waals surface area contributed by atoms with E-state index in [0.29, 0.717) is 5.69 Å². The van der Waals surface area contributed by atoms with Crippen LogP contribution in [-0.2, 0) is 11.2 Å². The van der Waals surface area contributed by atoms with Crippen molar-refractivity contribution < 1.29 is 9.90 Å². The molecule has 0 aliphatic carbocycles. The highest BCUT2D eigenvalue weighted by Crippen LogP contribution is 2.14. The highest BCUT2D eigenvalue weighted by Gasteiger charge is 2.07. The first kappa shape index (κ1) is 12.1. The van der Waals surface area contributed by atoms with E-state index in [1.807, 2.05) is 19.1 Å². The Kier molecular flexibility index (Phi) is 3.57. The Balaban J connectivity index is 2.01. The molecule has 18 heavy (non-hydrogen) atoms. The molecule has 1 aromatic heterocycles. The summed E-state index contributed by atoms with van der Waals surface area (Å²) >= 11 is 0. The number of benzene rings is 1. The van der Waals surface area contributed by atoms with Crippen molar-refractivity contribution in [3.8, 4) is 5.75 Å². The molecular formula is C14H14N2O2.